The molecule has 0 N–H and O–H groups in total. The first kappa shape index (κ1) is 29.2. The van der Waals surface area contributed by atoms with Gasteiger partial charge in [0.2, 0.25) is 0 Å². The van der Waals surface area contributed by atoms with Crippen molar-refractivity contribution in [3.05, 3.63) is 35.9 Å². The number of unbranched alkanes of at least 4 members (excludes halogenated alkanes) is 6. The Labute approximate surface area is 202 Å². The quantitative estimate of drug-likeness (QED) is 0.154. The summed E-state index contributed by atoms with van der Waals surface area (Å²) in [7, 11) is 0. The van der Waals surface area contributed by atoms with Crippen molar-refractivity contribution in [3.63, 3.8) is 0 Å². The molecule has 0 bridgehead atoms. The summed E-state index contributed by atoms with van der Waals surface area (Å²) in [5, 5.41) is 0. The zero-order valence-electron chi connectivity index (χ0n) is 21.7. The molecule has 0 saturated carbocycles. The highest BCUT2D eigenvalue weighted by molar-refractivity contribution is 5.69. The van der Waals surface area contributed by atoms with Crippen LogP contribution in [-0.4, -0.2) is 24.1 Å². The van der Waals surface area contributed by atoms with Crippen molar-refractivity contribution >= 4 is 11.9 Å². The highest BCUT2D eigenvalue weighted by atomic mass is 16.5. The minimum Gasteiger partial charge on any atom is -0.463 e. The fourth-order valence-corrected chi connectivity index (χ4v) is 3.96. The number of hydrogen-bond donors (Lipinski definition) is 0. The minimum absolute atomic E-state index is 0.0303. The van der Waals surface area contributed by atoms with Crippen molar-refractivity contribution in [3.8, 4) is 0 Å². The molecule has 1 aromatic carbocycles. The number of hydrogen-bond acceptors (Lipinski definition) is 4. The molecule has 0 aliphatic carbocycles. The van der Waals surface area contributed by atoms with Crippen molar-refractivity contribution < 1.29 is 19.1 Å². The van der Waals surface area contributed by atoms with Crippen LogP contribution in [-0.2, 0) is 19.1 Å². The average molecular weight is 461 g/mol. The molecular formula is C29H48O4. The normalized spacial score (nSPS) is 13.8. The van der Waals surface area contributed by atoms with Gasteiger partial charge < -0.3 is 9.47 Å². The van der Waals surface area contributed by atoms with E-state index in [1.54, 1.807) is 0 Å². The van der Waals surface area contributed by atoms with Gasteiger partial charge in [0.05, 0.1) is 12.2 Å². The predicted molar refractivity (Wildman–Crippen MR) is 136 cm³/mol. The summed E-state index contributed by atoms with van der Waals surface area (Å²) >= 11 is 0. The fraction of sp³-hybridized carbons (Fsp3) is 0.724. The van der Waals surface area contributed by atoms with E-state index < -0.39 is 0 Å². The van der Waals surface area contributed by atoms with Crippen LogP contribution in [0.1, 0.15) is 129 Å². The molecule has 0 aliphatic heterocycles. The lowest BCUT2D eigenvalue weighted by Gasteiger charge is -2.17. The summed E-state index contributed by atoms with van der Waals surface area (Å²) in [6.07, 6.45) is 14.0. The van der Waals surface area contributed by atoms with Gasteiger partial charge in [0.15, 0.2) is 0 Å². The second-order valence-corrected chi connectivity index (χ2v) is 9.43. The molecule has 0 heterocycles. The van der Waals surface area contributed by atoms with Crippen molar-refractivity contribution in [1.29, 1.82) is 0 Å². The molecule has 0 fully saturated rings. The second kappa shape index (κ2) is 18.6. The topological polar surface area (TPSA) is 52.6 Å². The van der Waals surface area contributed by atoms with Gasteiger partial charge >= 0.3 is 11.9 Å². The Bertz CT molecular complexity index is 592. The van der Waals surface area contributed by atoms with Gasteiger partial charge in [0.25, 0.3) is 0 Å². The molecule has 4 heteroatoms. The van der Waals surface area contributed by atoms with Crippen LogP contribution in [0.4, 0.5) is 0 Å². The van der Waals surface area contributed by atoms with E-state index in [-0.39, 0.29) is 24.1 Å². The maximum Gasteiger partial charge on any atom is 0.306 e. The minimum atomic E-state index is -0.0559. The predicted octanol–water partition coefficient (Wildman–Crippen LogP) is 8.13. The van der Waals surface area contributed by atoms with Gasteiger partial charge in [-0.25, -0.2) is 0 Å². The summed E-state index contributed by atoms with van der Waals surface area (Å²) in [6.45, 7) is 7.96. The van der Waals surface area contributed by atoms with Gasteiger partial charge in [0.1, 0.15) is 0 Å². The van der Waals surface area contributed by atoms with E-state index in [2.05, 4.69) is 30.3 Å². The van der Waals surface area contributed by atoms with Gasteiger partial charge in [0, 0.05) is 12.8 Å². The Morgan fingerprint density at radius 1 is 0.667 bits per heavy atom. The summed E-state index contributed by atoms with van der Waals surface area (Å²) in [5.41, 5.74) is 1.44. The number of rotatable bonds is 19. The molecule has 1 aromatic rings. The zero-order chi connectivity index (χ0) is 24.3. The Kier molecular flexibility index (Phi) is 16.4. The van der Waals surface area contributed by atoms with Gasteiger partial charge in [-0.2, -0.15) is 0 Å². The van der Waals surface area contributed by atoms with Crippen molar-refractivity contribution in [2.24, 2.45) is 0 Å². The first-order valence-electron chi connectivity index (χ1n) is 13.4. The van der Waals surface area contributed by atoms with Gasteiger partial charge in [-0.1, -0.05) is 82.7 Å². The highest BCUT2D eigenvalue weighted by Crippen LogP contribution is 2.28. The monoisotopic (exact) mass is 460 g/mol. The molecule has 0 amide bonds. The molecule has 1 rings (SSSR count). The number of ether oxygens (including phenoxy) is 2. The van der Waals surface area contributed by atoms with Crippen LogP contribution in [0.25, 0.3) is 0 Å². The third-order valence-corrected chi connectivity index (χ3v) is 6.45. The molecule has 0 aliphatic rings. The maximum atomic E-state index is 11.8. The van der Waals surface area contributed by atoms with E-state index in [9.17, 15) is 9.59 Å². The Morgan fingerprint density at radius 2 is 1.09 bits per heavy atom. The lowest BCUT2D eigenvalue weighted by atomic mass is 9.88. The van der Waals surface area contributed by atoms with Crippen molar-refractivity contribution in [2.45, 2.75) is 136 Å². The molecular weight excluding hydrogens is 412 g/mol. The van der Waals surface area contributed by atoms with Crippen LogP contribution in [0.3, 0.4) is 0 Å². The summed E-state index contributed by atoms with van der Waals surface area (Å²) in [4.78, 5) is 23.6. The molecule has 0 spiro atoms. The van der Waals surface area contributed by atoms with Crippen molar-refractivity contribution in [2.75, 3.05) is 0 Å². The highest BCUT2D eigenvalue weighted by Gasteiger charge is 2.12. The lowest BCUT2D eigenvalue weighted by molar-refractivity contribution is -0.149. The standard InChI is InChI=1S/C29H48O4/c1-5-24(3)32-28(30)22-16-9-7-12-18-26(27-20-14-11-15-21-27)19-13-8-10-17-23-29(31)33-25(4)6-2/h11,14-15,20-21,24-26H,5-10,12-13,16-19,22-23H2,1-4H3. The van der Waals surface area contributed by atoms with E-state index in [1.165, 1.54) is 31.2 Å². The molecule has 4 nitrogen and oxygen atoms in total. The van der Waals surface area contributed by atoms with Crippen LogP contribution in [0.15, 0.2) is 30.3 Å². The largest absolute Gasteiger partial charge is 0.463 e. The smallest absolute Gasteiger partial charge is 0.306 e. The van der Waals surface area contributed by atoms with Gasteiger partial charge in [-0.05, 0) is 63.9 Å². The Hall–Kier alpha value is -1.84. The van der Waals surface area contributed by atoms with Crippen LogP contribution in [0, 0.1) is 0 Å². The Morgan fingerprint density at radius 3 is 1.52 bits per heavy atom. The van der Waals surface area contributed by atoms with Crippen LogP contribution < -0.4 is 0 Å². The second-order valence-electron chi connectivity index (χ2n) is 9.43. The molecule has 188 valence electrons. The van der Waals surface area contributed by atoms with E-state index in [0.717, 1.165) is 51.4 Å². The molecule has 0 radical (unpaired) electrons. The van der Waals surface area contributed by atoms with E-state index in [4.69, 9.17) is 9.47 Å². The Balaban J connectivity index is 2.24. The zero-order valence-corrected chi connectivity index (χ0v) is 21.7. The number of esters is 2. The molecule has 33 heavy (non-hydrogen) atoms. The summed E-state index contributed by atoms with van der Waals surface area (Å²) < 4.78 is 10.7. The fourth-order valence-electron chi connectivity index (χ4n) is 3.96. The van der Waals surface area contributed by atoms with E-state index in [0.29, 0.717) is 18.8 Å². The van der Waals surface area contributed by atoms with Gasteiger partial charge in [-0.15, -0.1) is 0 Å². The number of carbonyl (C=O) groups is 2. The lowest BCUT2D eigenvalue weighted by Crippen LogP contribution is -2.13. The number of carbonyl (C=O) groups excluding carboxylic acids is 2. The van der Waals surface area contributed by atoms with Crippen LogP contribution in [0.2, 0.25) is 0 Å². The van der Waals surface area contributed by atoms with Crippen LogP contribution in [0.5, 0.6) is 0 Å². The third kappa shape index (κ3) is 14.8. The third-order valence-electron chi connectivity index (χ3n) is 6.45. The first-order valence-corrected chi connectivity index (χ1v) is 13.4. The van der Waals surface area contributed by atoms with Crippen LogP contribution >= 0.6 is 0 Å². The molecule has 0 aromatic heterocycles. The summed E-state index contributed by atoms with van der Waals surface area (Å²) in [6, 6.07) is 10.8. The van der Waals surface area contributed by atoms with E-state index in [1.807, 2.05) is 27.7 Å². The van der Waals surface area contributed by atoms with Gasteiger partial charge in [-0.3, -0.25) is 9.59 Å². The SMILES string of the molecule is CCC(C)OC(=O)CCCCCCC(CCCCCCC(=O)OC(C)CC)c1ccccc1. The molecule has 2 atom stereocenters. The average Bonchev–Trinajstić information content (AvgIpc) is 2.82. The molecule has 0 saturated heterocycles. The van der Waals surface area contributed by atoms with Crippen molar-refractivity contribution in [1.82, 2.24) is 0 Å². The maximum absolute atomic E-state index is 11.8. The summed E-state index contributed by atoms with van der Waals surface area (Å²) in [5.74, 6) is 0.483. The molecule has 2 unspecified atom stereocenters. The first-order chi connectivity index (χ1) is 16.0. The number of benzene rings is 1. The van der Waals surface area contributed by atoms with E-state index >= 15 is 0 Å².